The van der Waals surface area contributed by atoms with E-state index in [1.54, 1.807) is 0 Å². The highest BCUT2D eigenvalue weighted by Crippen LogP contribution is 2.49. The predicted octanol–water partition coefficient (Wildman–Crippen LogP) is 13.4. The Bertz CT molecular complexity index is 3280. The number of pyridine rings is 1. The Morgan fingerprint density at radius 3 is 1.59 bits per heavy atom. The van der Waals surface area contributed by atoms with Crippen LogP contribution in [-0.4, -0.2) is 14.1 Å². The Morgan fingerprint density at radius 2 is 0.833 bits per heavy atom. The molecule has 250 valence electrons. The second-order valence-electron chi connectivity index (χ2n) is 14.4. The SMILES string of the molecule is c1ccc(-n2c3ccccc3c3cc(-c4ccc5c(c4)c4ccc(-c6ccc7c8c(cccc68)-c6ccccc6-7)cc4n5-c4ccncc4)ccc32)cc1. The van der Waals surface area contributed by atoms with E-state index in [0.29, 0.717) is 0 Å². The van der Waals surface area contributed by atoms with Gasteiger partial charge in [0.05, 0.1) is 22.1 Å². The molecule has 54 heavy (non-hydrogen) atoms. The van der Waals surface area contributed by atoms with Crippen molar-refractivity contribution < 1.29 is 0 Å². The molecular formula is C51H31N3. The summed E-state index contributed by atoms with van der Waals surface area (Å²) in [6, 6.07) is 64.6. The maximum absolute atomic E-state index is 4.36. The van der Waals surface area contributed by atoms with Crippen molar-refractivity contribution in [2.45, 2.75) is 0 Å². The van der Waals surface area contributed by atoms with Gasteiger partial charge in [-0.1, -0.05) is 115 Å². The molecule has 0 saturated carbocycles. The molecule has 0 amide bonds. The number of benzene rings is 8. The number of rotatable bonds is 4. The van der Waals surface area contributed by atoms with Crippen molar-refractivity contribution in [3.8, 4) is 55.9 Å². The minimum absolute atomic E-state index is 1.10. The number of fused-ring (bicyclic) bond motifs is 9. The maximum atomic E-state index is 4.36. The summed E-state index contributed by atoms with van der Waals surface area (Å²) in [7, 11) is 0. The molecule has 3 aromatic heterocycles. The zero-order valence-electron chi connectivity index (χ0n) is 29.2. The fraction of sp³-hybridized carbons (Fsp3) is 0. The first-order valence-corrected chi connectivity index (χ1v) is 18.5. The van der Waals surface area contributed by atoms with E-state index in [2.05, 4.69) is 190 Å². The largest absolute Gasteiger partial charge is 0.309 e. The highest BCUT2D eigenvalue weighted by molar-refractivity contribution is 6.19. The normalized spacial score (nSPS) is 12.1. The van der Waals surface area contributed by atoms with Crippen LogP contribution in [0.4, 0.5) is 0 Å². The van der Waals surface area contributed by atoms with E-state index in [1.165, 1.54) is 105 Å². The lowest BCUT2D eigenvalue weighted by Crippen LogP contribution is -1.94. The summed E-state index contributed by atoms with van der Waals surface area (Å²) in [6.45, 7) is 0. The number of hydrogen-bond acceptors (Lipinski definition) is 1. The number of aromatic nitrogens is 3. The Balaban J connectivity index is 1.06. The summed E-state index contributed by atoms with van der Waals surface area (Å²) in [5.41, 5.74) is 17.2. The first kappa shape index (κ1) is 29.4. The van der Waals surface area contributed by atoms with Gasteiger partial charge in [0.25, 0.3) is 0 Å². The molecule has 3 heterocycles. The van der Waals surface area contributed by atoms with Gasteiger partial charge in [0.1, 0.15) is 0 Å². The number of hydrogen-bond donors (Lipinski definition) is 0. The fourth-order valence-electron chi connectivity index (χ4n) is 9.21. The maximum Gasteiger partial charge on any atom is 0.0547 e. The number of para-hydroxylation sites is 2. The van der Waals surface area contributed by atoms with Crippen molar-refractivity contribution in [2.75, 3.05) is 0 Å². The predicted molar refractivity (Wildman–Crippen MR) is 226 cm³/mol. The van der Waals surface area contributed by atoms with Crippen LogP contribution in [-0.2, 0) is 0 Å². The Labute approximate surface area is 311 Å². The van der Waals surface area contributed by atoms with Gasteiger partial charge in [0.15, 0.2) is 0 Å². The van der Waals surface area contributed by atoms with E-state index >= 15 is 0 Å². The van der Waals surface area contributed by atoms with E-state index < -0.39 is 0 Å². The molecule has 0 N–H and O–H groups in total. The molecule has 0 radical (unpaired) electrons. The van der Waals surface area contributed by atoms with Gasteiger partial charge in [-0.3, -0.25) is 4.98 Å². The molecule has 0 unspecified atom stereocenters. The van der Waals surface area contributed by atoms with Crippen LogP contribution in [0.5, 0.6) is 0 Å². The Morgan fingerprint density at radius 1 is 0.296 bits per heavy atom. The average Bonchev–Trinajstić information content (AvgIpc) is 3.87. The zero-order chi connectivity index (χ0) is 35.3. The molecule has 8 aromatic carbocycles. The highest BCUT2D eigenvalue weighted by atomic mass is 15.0. The van der Waals surface area contributed by atoms with Gasteiger partial charge in [-0.2, -0.15) is 0 Å². The minimum atomic E-state index is 1.10. The molecule has 0 aliphatic heterocycles. The lowest BCUT2D eigenvalue weighted by Gasteiger charge is -2.11. The first-order chi connectivity index (χ1) is 26.8. The Kier molecular flexibility index (Phi) is 6.05. The fourth-order valence-corrected chi connectivity index (χ4v) is 9.21. The zero-order valence-corrected chi connectivity index (χ0v) is 29.2. The van der Waals surface area contributed by atoms with Gasteiger partial charge in [0.2, 0.25) is 0 Å². The third-order valence-electron chi connectivity index (χ3n) is 11.6. The standard InChI is InChI=1S/C51H31N3/c1-2-9-35(10-3-1)53-47-16-7-6-13-40(47)45-29-32(18-23-48(45)53)33-19-24-49-46(30-33)41-20-17-34(31-50(41)54(49)36-25-27-52-28-26-36)37-21-22-44-39-12-5-4-11-38(39)43-15-8-14-42(37)51(43)44/h1-31H. The molecule has 0 spiro atoms. The van der Waals surface area contributed by atoms with Gasteiger partial charge in [0, 0.05) is 45.3 Å². The third-order valence-corrected chi connectivity index (χ3v) is 11.6. The molecule has 12 rings (SSSR count). The second-order valence-corrected chi connectivity index (χ2v) is 14.4. The summed E-state index contributed by atoms with van der Waals surface area (Å²) >= 11 is 0. The van der Waals surface area contributed by atoms with E-state index in [-0.39, 0.29) is 0 Å². The molecule has 0 bridgehead atoms. The summed E-state index contributed by atoms with van der Waals surface area (Å²) in [5.74, 6) is 0. The van der Waals surface area contributed by atoms with Gasteiger partial charge in [-0.15, -0.1) is 0 Å². The second kappa shape index (κ2) is 11.1. The molecular weight excluding hydrogens is 655 g/mol. The highest BCUT2D eigenvalue weighted by Gasteiger charge is 2.23. The van der Waals surface area contributed by atoms with Gasteiger partial charge >= 0.3 is 0 Å². The van der Waals surface area contributed by atoms with Crippen LogP contribution in [0.15, 0.2) is 188 Å². The summed E-state index contributed by atoms with van der Waals surface area (Å²) in [6.07, 6.45) is 3.76. The lowest BCUT2D eigenvalue weighted by molar-refractivity contribution is 1.16. The smallest absolute Gasteiger partial charge is 0.0547 e. The van der Waals surface area contributed by atoms with Crippen LogP contribution in [0, 0.1) is 0 Å². The topological polar surface area (TPSA) is 22.8 Å². The van der Waals surface area contributed by atoms with Crippen LogP contribution < -0.4 is 0 Å². The molecule has 1 aliphatic carbocycles. The van der Waals surface area contributed by atoms with Crippen LogP contribution in [0.3, 0.4) is 0 Å². The molecule has 3 nitrogen and oxygen atoms in total. The molecule has 0 fully saturated rings. The molecule has 3 heteroatoms. The molecule has 1 aliphatic rings. The monoisotopic (exact) mass is 685 g/mol. The van der Waals surface area contributed by atoms with Gasteiger partial charge in [-0.05, 0) is 116 Å². The van der Waals surface area contributed by atoms with Crippen molar-refractivity contribution in [3.05, 3.63) is 188 Å². The molecule has 11 aromatic rings. The van der Waals surface area contributed by atoms with E-state index in [0.717, 1.165) is 5.69 Å². The third kappa shape index (κ3) is 4.09. The van der Waals surface area contributed by atoms with Crippen molar-refractivity contribution in [2.24, 2.45) is 0 Å². The van der Waals surface area contributed by atoms with Gasteiger partial charge in [-0.25, -0.2) is 0 Å². The first-order valence-electron chi connectivity index (χ1n) is 18.5. The van der Waals surface area contributed by atoms with Crippen LogP contribution >= 0.6 is 0 Å². The minimum Gasteiger partial charge on any atom is -0.309 e. The summed E-state index contributed by atoms with van der Waals surface area (Å²) in [4.78, 5) is 4.36. The van der Waals surface area contributed by atoms with Crippen LogP contribution in [0.2, 0.25) is 0 Å². The van der Waals surface area contributed by atoms with Gasteiger partial charge < -0.3 is 9.13 Å². The summed E-state index contributed by atoms with van der Waals surface area (Å²) < 4.78 is 4.77. The average molecular weight is 686 g/mol. The summed E-state index contributed by atoms with van der Waals surface area (Å²) in [5, 5.41) is 7.61. The van der Waals surface area contributed by atoms with Crippen molar-refractivity contribution in [3.63, 3.8) is 0 Å². The van der Waals surface area contributed by atoms with E-state index in [9.17, 15) is 0 Å². The number of nitrogens with zero attached hydrogens (tertiary/aromatic N) is 3. The quantitative estimate of drug-likeness (QED) is 0.181. The Hall–Kier alpha value is -7.23. The van der Waals surface area contributed by atoms with Crippen LogP contribution in [0.25, 0.3) is 110 Å². The van der Waals surface area contributed by atoms with Crippen molar-refractivity contribution in [1.29, 1.82) is 0 Å². The van der Waals surface area contributed by atoms with E-state index in [1.807, 2.05) is 12.4 Å². The van der Waals surface area contributed by atoms with Crippen molar-refractivity contribution in [1.82, 2.24) is 14.1 Å². The molecule has 0 atom stereocenters. The van der Waals surface area contributed by atoms with Crippen molar-refractivity contribution >= 4 is 54.4 Å². The molecule has 0 saturated heterocycles. The lowest BCUT2D eigenvalue weighted by atomic mass is 9.93. The van der Waals surface area contributed by atoms with E-state index in [4.69, 9.17) is 0 Å². The van der Waals surface area contributed by atoms with Crippen LogP contribution in [0.1, 0.15) is 0 Å².